The van der Waals surface area contributed by atoms with E-state index in [0.717, 1.165) is 6.42 Å². The lowest BCUT2D eigenvalue weighted by molar-refractivity contribution is -0.129. The normalized spacial score (nSPS) is 11.7. The standard InChI is InChI=1S/C27H48N4O10/c1-20(32)22(10-8-6-7-9-21(33)11-12-39-15-16-40-14-13-38-5)31-25(36)19-29-23(34)17-28-24(35)18-30-26(37)41-27(2,3)4/h22H,6-19H2,1-5H3,(H,28,35)(H,29,34)(H,30,37)(H,31,36). The van der Waals surface area contributed by atoms with Crippen molar-refractivity contribution in [2.24, 2.45) is 0 Å². The van der Waals surface area contributed by atoms with E-state index in [2.05, 4.69) is 21.3 Å². The van der Waals surface area contributed by atoms with Crippen molar-refractivity contribution in [1.82, 2.24) is 21.3 Å². The van der Waals surface area contributed by atoms with Crippen molar-refractivity contribution in [1.29, 1.82) is 0 Å². The van der Waals surface area contributed by atoms with Crippen LogP contribution in [0, 0.1) is 0 Å². The van der Waals surface area contributed by atoms with Gasteiger partial charge in [-0.15, -0.1) is 0 Å². The second kappa shape index (κ2) is 22.6. The van der Waals surface area contributed by atoms with E-state index in [1.165, 1.54) is 6.92 Å². The lowest BCUT2D eigenvalue weighted by atomic mass is 10.0. The molecule has 0 heterocycles. The summed E-state index contributed by atoms with van der Waals surface area (Å²) in [6.07, 6.45) is 2.44. The molecule has 0 bridgehead atoms. The van der Waals surface area contributed by atoms with Gasteiger partial charge in [-0.3, -0.25) is 24.0 Å². The molecular formula is C27H48N4O10. The molecule has 0 saturated carbocycles. The molecule has 14 nitrogen and oxygen atoms in total. The molecule has 0 saturated heterocycles. The molecule has 41 heavy (non-hydrogen) atoms. The van der Waals surface area contributed by atoms with Gasteiger partial charge in [-0.1, -0.05) is 12.8 Å². The molecule has 0 spiro atoms. The largest absolute Gasteiger partial charge is 0.444 e. The van der Waals surface area contributed by atoms with E-state index >= 15 is 0 Å². The zero-order valence-corrected chi connectivity index (χ0v) is 25.1. The fourth-order valence-electron chi connectivity index (χ4n) is 3.19. The predicted octanol–water partition coefficient (Wildman–Crippen LogP) is 0.407. The first kappa shape index (κ1) is 37.9. The maximum atomic E-state index is 12.2. The maximum absolute atomic E-state index is 12.2. The van der Waals surface area contributed by atoms with E-state index in [1.54, 1.807) is 27.9 Å². The molecule has 1 atom stereocenters. The van der Waals surface area contributed by atoms with E-state index in [0.29, 0.717) is 65.1 Å². The van der Waals surface area contributed by atoms with Crippen LogP contribution in [0.15, 0.2) is 0 Å². The van der Waals surface area contributed by atoms with Crippen molar-refractivity contribution in [3.8, 4) is 0 Å². The Labute approximate surface area is 242 Å². The number of rotatable bonds is 23. The number of ether oxygens (including phenoxy) is 4. The number of amides is 4. The summed E-state index contributed by atoms with van der Waals surface area (Å²) in [5.41, 5.74) is -0.708. The number of carbonyl (C=O) groups is 6. The van der Waals surface area contributed by atoms with Crippen LogP contribution in [0.4, 0.5) is 4.79 Å². The number of nitrogens with one attached hydrogen (secondary N) is 4. The van der Waals surface area contributed by atoms with Crippen LogP contribution in [0.2, 0.25) is 0 Å². The lowest BCUT2D eigenvalue weighted by Gasteiger charge is -2.19. The Kier molecular flexibility index (Phi) is 20.9. The van der Waals surface area contributed by atoms with Gasteiger partial charge in [0.15, 0.2) is 5.78 Å². The molecule has 0 aromatic heterocycles. The molecular weight excluding hydrogens is 540 g/mol. The minimum atomic E-state index is -0.764. The Morgan fingerprint density at radius 3 is 1.83 bits per heavy atom. The molecule has 14 heteroatoms. The van der Waals surface area contributed by atoms with Gasteiger partial charge in [0.1, 0.15) is 17.9 Å². The zero-order valence-electron chi connectivity index (χ0n) is 25.1. The van der Waals surface area contributed by atoms with E-state index in [4.69, 9.17) is 18.9 Å². The Hall–Kier alpha value is -3.10. The third-order valence-corrected chi connectivity index (χ3v) is 5.29. The highest BCUT2D eigenvalue weighted by molar-refractivity contribution is 5.91. The van der Waals surface area contributed by atoms with Crippen LogP contribution in [-0.2, 0) is 42.9 Å². The first-order chi connectivity index (χ1) is 19.3. The molecule has 1 unspecified atom stereocenters. The Morgan fingerprint density at radius 2 is 1.24 bits per heavy atom. The number of methoxy groups -OCH3 is 1. The number of unbranched alkanes of at least 4 members (excludes halogenated alkanes) is 2. The summed E-state index contributed by atoms with van der Waals surface area (Å²) in [5, 5.41) is 9.52. The van der Waals surface area contributed by atoms with Crippen molar-refractivity contribution < 1.29 is 47.7 Å². The second-order valence-corrected chi connectivity index (χ2v) is 10.2. The number of hydrogen-bond donors (Lipinski definition) is 4. The van der Waals surface area contributed by atoms with Gasteiger partial charge in [-0.25, -0.2) is 4.79 Å². The summed E-state index contributed by atoms with van der Waals surface area (Å²) in [6, 6.07) is -0.701. The predicted molar refractivity (Wildman–Crippen MR) is 149 cm³/mol. The van der Waals surface area contributed by atoms with Gasteiger partial charge >= 0.3 is 6.09 Å². The SMILES string of the molecule is COCCOCCOCCC(=O)CCCCCC(NC(=O)CNC(=O)CNC(=O)CNC(=O)OC(C)(C)C)C(C)=O. The van der Waals surface area contributed by atoms with Crippen molar-refractivity contribution in [2.45, 2.75) is 77.9 Å². The monoisotopic (exact) mass is 588 g/mol. The number of ketones is 2. The van der Waals surface area contributed by atoms with Crippen LogP contribution in [0.5, 0.6) is 0 Å². The van der Waals surface area contributed by atoms with E-state index in [1.807, 2.05) is 0 Å². The number of hydrogen-bond acceptors (Lipinski definition) is 10. The van der Waals surface area contributed by atoms with E-state index in [9.17, 15) is 28.8 Å². The maximum Gasteiger partial charge on any atom is 0.408 e. The van der Waals surface area contributed by atoms with Crippen molar-refractivity contribution >= 4 is 35.4 Å². The summed E-state index contributed by atoms with van der Waals surface area (Å²) in [5.74, 6) is -1.88. The van der Waals surface area contributed by atoms with E-state index in [-0.39, 0.29) is 24.7 Å². The van der Waals surface area contributed by atoms with Gasteiger partial charge < -0.3 is 40.2 Å². The Bertz CT molecular complexity index is 829. The molecule has 4 N–H and O–H groups in total. The van der Waals surface area contributed by atoms with Gasteiger partial charge in [0, 0.05) is 20.0 Å². The molecule has 4 amide bonds. The summed E-state index contributed by atoms with van der Waals surface area (Å²) in [4.78, 5) is 71.3. The molecule has 0 fully saturated rings. The van der Waals surface area contributed by atoms with Crippen LogP contribution < -0.4 is 21.3 Å². The molecule has 0 aromatic carbocycles. The van der Waals surface area contributed by atoms with Gasteiger partial charge in [0.05, 0.1) is 52.2 Å². The first-order valence-electron chi connectivity index (χ1n) is 13.8. The summed E-state index contributed by atoms with van der Waals surface area (Å²) in [6.45, 7) is 7.52. The van der Waals surface area contributed by atoms with Crippen LogP contribution in [0.25, 0.3) is 0 Å². The van der Waals surface area contributed by atoms with Gasteiger partial charge in [0.25, 0.3) is 0 Å². The quantitative estimate of drug-likeness (QED) is 0.122. The number of alkyl carbamates (subject to hydrolysis) is 1. The average Bonchev–Trinajstić information content (AvgIpc) is 2.89. The van der Waals surface area contributed by atoms with Crippen LogP contribution in [0.3, 0.4) is 0 Å². The van der Waals surface area contributed by atoms with Crippen molar-refractivity contribution in [3.63, 3.8) is 0 Å². The molecule has 0 aromatic rings. The van der Waals surface area contributed by atoms with Crippen molar-refractivity contribution in [2.75, 3.05) is 59.8 Å². The minimum Gasteiger partial charge on any atom is -0.444 e. The fourth-order valence-corrected chi connectivity index (χ4v) is 3.19. The number of Topliss-reactive ketones (excluding diaryl/α,β-unsaturated/α-hetero) is 2. The lowest BCUT2D eigenvalue weighted by Crippen LogP contribution is -2.47. The molecule has 0 radical (unpaired) electrons. The molecule has 0 aliphatic carbocycles. The third-order valence-electron chi connectivity index (χ3n) is 5.29. The average molecular weight is 589 g/mol. The Morgan fingerprint density at radius 1 is 0.683 bits per heavy atom. The molecule has 236 valence electrons. The smallest absolute Gasteiger partial charge is 0.408 e. The fraction of sp³-hybridized carbons (Fsp3) is 0.778. The van der Waals surface area contributed by atoms with Crippen LogP contribution in [-0.4, -0.2) is 107 Å². The molecule has 0 rings (SSSR count). The highest BCUT2D eigenvalue weighted by Gasteiger charge is 2.18. The minimum absolute atomic E-state index is 0.105. The van der Waals surface area contributed by atoms with Gasteiger partial charge in [-0.05, 0) is 40.5 Å². The van der Waals surface area contributed by atoms with Crippen LogP contribution in [0.1, 0.15) is 66.2 Å². The number of carbonyl (C=O) groups excluding carboxylic acids is 6. The zero-order chi connectivity index (χ0) is 31.1. The van der Waals surface area contributed by atoms with Crippen molar-refractivity contribution in [3.05, 3.63) is 0 Å². The first-order valence-corrected chi connectivity index (χ1v) is 13.8. The molecule has 0 aliphatic rings. The molecule has 0 aliphatic heterocycles. The Balaban J connectivity index is 4.01. The van der Waals surface area contributed by atoms with Gasteiger partial charge in [0.2, 0.25) is 17.7 Å². The highest BCUT2D eigenvalue weighted by Crippen LogP contribution is 2.08. The topological polar surface area (TPSA) is 187 Å². The van der Waals surface area contributed by atoms with E-state index < -0.39 is 42.0 Å². The second-order valence-electron chi connectivity index (χ2n) is 10.2. The summed E-state index contributed by atoms with van der Waals surface area (Å²) < 4.78 is 20.5. The third kappa shape index (κ3) is 24.4. The van der Waals surface area contributed by atoms with Gasteiger partial charge in [-0.2, -0.15) is 0 Å². The summed E-state index contributed by atoms with van der Waals surface area (Å²) in [7, 11) is 1.60. The van der Waals surface area contributed by atoms with Crippen LogP contribution >= 0.6 is 0 Å². The summed E-state index contributed by atoms with van der Waals surface area (Å²) >= 11 is 0. The highest BCUT2D eigenvalue weighted by atomic mass is 16.6.